The Morgan fingerprint density at radius 2 is 1.40 bits per heavy atom. The van der Waals surface area contributed by atoms with E-state index >= 15 is 0 Å². The summed E-state index contributed by atoms with van der Waals surface area (Å²) in [7, 11) is 2.37. The number of hydrogen-bond acceptors (Lipinski definition) is 9. The molecule has 35 heavy (non-hydrogen) atoms. The Hall–Kier alpha value is -4.05. The van der Waals surface area contributed by atoms with Gasteiger partial charge in [0.2, 0.25) is 0 Å². The van der Waals surface area contributed by atoms with Crippen LogP contribution in [0.4, 0.5) is 22.7 Å². The normalized spacial score (nSPS) is 11.3. The highest BCUT2D eigenvalue weighted by Crippen LogP contribution is 2.35. The molecule has 0 fully saturated rings. The lowest BCUT2D eigenvalue weighted by atomic mass is 10.1. The molecule has 0 aliphatic rings. The fourth-order valence-corrected chi connectivity index (χ4v) is 4.58. The number of anilines is 4. The van der Waals surface area contributed by atoms with Crippen LogP contribution >= 0.6 is 0 Å². The summed E-state index contributed by atoms with van der Waals surface area (Å²) in [6.45, 7) is 0. The van der Waals surface area contributed by atoms with Gasteiger partial charge in [-0.05, 0) is 42.0 Å². The van der Waals surface area contributed by atoms with E-state index in [-0.39, 0.29) is 5.75 Å². The monoisotopic (exact) mass is 499 g/mol. The zero-order valence-corrected chi connectivity index (χ0v) is 20.8. The van der Waals surface area contributed by atoms with E-state index in [1.165, 1.54) is 34.5 Å². The molecule has 3 aromatic carbocycles. The van der Waals surface area contributed by atoms with Gasteiger partial charge in [0.15, 0.2) is 9.84 Å². The van der Waals surface area contributed by atoms with Crippen LogP contribution in [0, 0.1) is 0 Å². The van der Waals surface area contributed by atoms with E-state index in [9.17, 15) is 8.42 Å². The van der Waals surface area contributed by atoms with E-state index in [1.54, 1.807) is 48.5 Å². The summed E-state index contributed by atoms with van der Waals surface area (Å²) in [5.74, 6) is 1.67. The average molecular weight is 500 g/mol. The van der Waals surface area contributed by atoms with Crippen molar-refractivity contribution in [3.05, 3.63) is 65.1 Å². The van der Waals surface area contributed by atoms with Crippen molar-refractivity contribution in [2.45, 2.75) is 5.75 Å². The van der Waals surface area contributed by atoms with Crippen molar-refractivity contribution in [2.24, 2.45) is 0 Å². The predicted molar refractivity (Wildman–Crippen MR) is 139 cm³/mol. The zero-order chi connectivity index (χ0) is 25.6. The van der Waals surface area contributed by atoms with Gasteiger partial charge in [-0.3, -0.25) is 0 Å². The lowest BCUT2D eigenvalue weighted by Crippen LogP contribution is -2.03. The number of hydrogen-bond donors (Lipinski definition) is 3. The molecule has 3 rings (SSSR count). The number of nitrogens with one attached hydrogen (secondary N) is 1. The van der Waals surface area contributed by atoms with Gasteiger partial charge in [0.25, 0.3) is 0 Å². The molecule has 0 unspecified atom stereocenters. The highest BCUT2D eigenvalue weighted by molar-refractivity contribution is 7.93. The van der Waals surface area contributed by atoms with Gasteiger partial charge >= 0.3 is 0 Å². The van der Waals surface area contributed by atoms with Gasteiger partial charge in [0.1, 0.15) is 23.0 Å². The second kappa shape index (κ2) is 10.9. The first-order chi connectivity index (χ1) is 16.7. The van der Waals surface area contributed by atoms with Crippen molar-refractivity contribution in [2.75, 3.05) is 45.2 Å². The van der Waals surface area contributed by atoms with Crippen LogP contribution in [-0.4, -0.2) is 36.9 Å². The third-order valence-electron chi connectivity index (χ3n) is 5.08. The number of rotatable bonds is 10. The molecule has 0 aromatic heterocycles. The molecule has 0 atom stereocenters. The molecule has 0 aliphatic heterocycles. The molecule has 3 aromatic rings. The van der Waals surface area contributed by atoms with Gasteiger partial charge < -0.3 is 35.7 Å². The summed E-state index contributed by atoms with van der Waals surface area (Å²) >= 11 is 0. The van der Waals surface area contributed by atoms with Gasteiger partial charge in [-0.25, -0.2) is 8.42 Å². The van der Waals surface area contributed by atoms with Gasteiger partial charge in [0, 0.05) is 34.6 Å². The first kappa shape index (κ1) is 25.6. The molecule has 0 radical (unpaired) electrons. The predicted octanol–water partition coefficient (Wildman–Crippen LogP) is 4.21. The third-order valence-corrected chi connectivity index (χ3v) is 6.37. The van der Waals surface area contributed by atoms with Crippen molar-refractivity contribution in [1.29, 1.82) is 0 Å². The van der Waals surface area contributed by atoms with Crippen molar-refractivity contribution in [1.82, 2.24) is 0 Å². The van der Waals surface area contributed by atoms with Crippen LogP contribution in [0.25, 0.3) is 6.08 Å². The minimum atomic E-state index is -3.65. The number of nitrogen functional groups attached to an aromatic ring is 2. The van der Waals surface area contributed by atoms with Crippen LogP contribution in [0.3, 0.4) is 0 Å². The van der Waals surface area contributed by atoms with Gasteiger partial charge in [-0.2, -0.15) is 0 Å². The molecule has 0 spiro atoms. The summed E-state index contributed by atoms with van der Waals surface area (Å²) < 4.78 is 47.3. The Kier molecular flexibility index (Phi) is 7.98. The Balaban J connectivity index is 1.88. The van der Waals surface area contributed by atoms with Gasteiger partial charge in [0.05, 0.1) is 45.4 Å². The Morgan fingerprint density at radius 1 is 0.800 bits per heavy atom. The summed E-state index contributed by atoms with van der Waals surface area (Å²) in [4.78, 5) is 0. The van der Waals surface area contributed by atoms with E-state index in [1.807, 2.05) is 0 Å². The lowest BCUT2D eigenvalue weighted by molar-refractivity contribution is 0.374. The van der Waals surface area contributed by atoms with E-state index in [0.29, 0.717) is 56.9 Å². The highest BCUT2D eigenvalue weighted by Gasteiger charge is 2.15. The largest absolute Gasteiger partial charge is 0.496 e. The van der Waals surface area contributed by atoms with Crippen LogP contribution in [0.1, 0.15) is 11.1 Å². The molecule has 9 nitrogen and oxygen atoms in total. The minimum absolute atomic E-state index is 0.234. The molecule has 0 saturated carbocycles. The van der Waals surface area contributed by atoms with Crippen molar-refractivity contribution in [3.8, 4) is 23.0 Å². The molecule has 0 bridgehead atoms. The first-order valence-electron chi connectivity index (χ1n) is 10.5. The number of methoxy groups -OCH3 is 4. The topological polar surface area (TPSA) is 135 Å². The second-order valence-electron chi connectivity index (χ2n) is 7.60. The Labute approximate surface area is 205 Å². The summed E-state index contributed by atoms with van der Waals surface area (Å²) in [6, 6.07) is 13.5. The van der Waals surface area contributed by atoms with Gasteiger partial charge in [-0.15, -0.1) is 0 Å². The Morgan fingerprint density at radius 3 is 1.94 bits per heavy atom. The molecule has 0 aliphatic carbocycles. The van der Waals surface area contributed by atoms with Gasteiger partial charge in [-0.1, -0.05) is 6.07 Å². The lowest BCUT2D eigenvalue weighted by Gasteiger charge is -2.14. The van der Waals surface area contributed by atoms with E-state index in [4.69, 9.17) is 30.4 Å². The van der Waals surface area contributed by atoms with Crippen LogP contribution in [0.15, 0.2) is 53.9 Å². The number of nitrogens with two attached hydrogens (primary N) is 2. The summed E-state index contributed by atoms with van der Waals surface area (Å²) in [5, 5.41) is 4.32. The third kappa shape index (κ3) is 6.51. The Bertz CT molecular complexity index is 1290. The van der Waals surface area contributed by atoms with E-state index in [2.05, 4.69) is 5.32 Å². The van der Waals surface area contributed by atoms with Crippen LogP contribution in [-0.2, 0) is 15.6 Å². The number of ether oxygens (including phenoxy) is 4. The molecule has 0 amide bonds. The quantitative estimate of drug-likeness (QED) is 0.350. The molecule has 186 valence electrons. The molecular formula is C25H29N3O6S. The SMILES string of the molecule is COc1cc(OC)c(/C=C/S(=O)(=O)Cc2ccc(OC)c(Nc3cc(N)cc(N)c3)c2)c(OC)c1. The standard InChI is InChI=1S/C25H29N3O6S/c1-31-20-13-24(33-3)21(25(14-20)34-4)7-8-35(29,30)15-16-5-6-23(32-2)22(9-16)28-19-11-17(26)10-18(27)12-19/h5-14,28H,15,26-27H2,1-4H3/b8-7+. The highest BCUT2D eigenvalue weighted by atomic mass is 32.2. The van der Waals surface area contributed by atoms with Crippen molar-refractivity contribution < 1.29 is 27.4 Å². The maximum atomic E-state index is 12.9. The van der Waals surface area contributed by atoms with Crippen LogP contribution < -0.4 is 35.7 Å². The molecule has 5 N–H and O–H groups in total. The molecule has 0 heterocycles. The maximum Gasteiger partial charge on any atom is 0.175 e. The summed E-state index contributed by atoms with van der Waals surface area (Å²) in [5.41, 5.74) is 15.0. The van der Waals surface area contributed by atoms with E-state index < -0.39 is 9.84 Å². The zero-order valence-electron chi connectivity index (χ0n) is 20.0. The molecule has 0 saturated heterocycles. The first-order valence-corrected chi connectivity index (χ1v) is 12.2. The second-order valence-corrected chi connectivity index (χ2v) is 9.49. The van der Waals surface area contributed by atoms with Crippen LogP contribution in [0.5, 0.6) is 23.0 Å². The fraction of sp³-hybridized carbons (Fsp3) is 0.200. The summed E-state index contributed by atoms with van der Waals surface area (Å²) in [6.07, 6.45) is 1.45. The number of benzene rings is 3. The average Bonchev–Trinajstić information content (AvgIpc) is 2.81. The number of sulfone groups is 1. The fourth-order valence-electron chi connectivity index (χ4n) is 3.50. The van der Waals surface area contributed by atoms with Crippen molar-refractivity contribution in [3.63, 3.8) is 0 Å². The molecular weight excluding hydrogens is 470 g/mol. The van der Waals surface area contributed by atoms with Crippen LogP contribution in [0.2, 0.25) is 0 Å². The van der Waals surface area contributed by atoms with Crippen molar-refractivity contribution >= 4 is 38.7 Å². The molecule has 10 heteroatoms. The smallest absolute Gasteiger partial charge is 0.175 e. The van der Waals surface area contributed by atoms with E-state index in [0.717, 1.165) is 5.41 Å². The minimum Gasteiger partial charge on any atom is -0.496 e. The maximum absolute atomic E-state index is 12.9.